The van der Waals surface area contributed by atoms with E-state index in [-0.39, 0.29) is 5.91 Å². The van der Waals surface area contributed by atoms with Crippen LogP contribution < -0.4 is 5.32 Å². The Kier molecular flexibility index (Phi) is 5.97. The van der Waals surface area contributed by atoms with Crippen LogP contribution in [0.4, 0.5) is 0 Å². The number of carbonyl (C=O) groups is 1. The number of thiophene rings is 1. The first-order valence-electron chi connectivity index (χ1n) is 9.30. The van der Waals surface area contributed by atoms with Crippen molar-refractivity contribution in [1.29, 1.82) is 0 Å². The minimum Gasteiger partial charge on any atom is -0.350 e. The van der Waals surface area contributed by atoms with Gasteiger partial charge >= 0.3 is 0 Å². The van der Waals surface area contributed by atoms with E-state index in [1.807, 2.05) is 16.8 Å². The third-order valence-corrected chi connectivity index (χ3v) is 6.48. The van der Waals surface area contributed by atoms with E-state index >= 15 is 0 Å². The van der Waals surface area contributed by atoms with Gasteiger partial charge in [-0.15, -0.1) is 11.3 Å². The van der Waals surface area contributed by atoms with E-state index in [4.69, 9.17) is 0 Å². The Balaban J connectivity index is 1.28. The average molecular weight is 398 g/mol. The van der Waals surface area contributed by atoms with Crippen LogP contribution in [0.25, 0.3) is 10.6 Å². The Morgan fingerprint density at radius 2 is 2.11 bits per heavy atom. The topological polar surface area (TPSA) is 45.2 Å². The minimum atomic E-state index is -0.0621. The van der Waals surface area contributed by atoms with Gasteiger partial charge in [-0.2, -0.15) is 11.3 Å². The fourth-order valence-electron chi connectivity index (χ4n) is 3.53. The normalized spacial score (nSPS) is 17.7. The second-order valence-electron chi connectivity index (χ2n) is 6.99. The molecule has 6 heteroatoms. The number of hydrogen-bond acceptors (Lipinski definition) is 5. The number of benzene rings is 1. The van der Waals surface area contributed by atoms with Crippen LogP contribution in [0.3, 0.4) is 0 Å². The molecule has 0 bridgehead atoms. The maximum Gasteiger partial charge on any atom is 0.270 e. The number of piperidine rings is 1. The summed E-state index contributed by atoms with van der Waals surface area (Å²) in [6.45, 7) is 3.87. The molecule has 3 heterocycles. The van der Waals surface area contributed by atoms with Gasteiger partial charge in [-0.3, -0.25) is 9.69 Å². The van der Waals surface area contributed by atoms with Crippen LogP contribution in [-0.4, -0.2) is 35.4 Å². The zero-order valence-corrected chi connectivity index (χ0v) is 16.8. The summed E-state index contributed by atoms with van der Waals surface area (Å²) in [6, 6.07) is 12.6. The van der Waals surface area contributed by atoms with E-state index in [1.54, 1.807) is 11.3 Å². The number of likely N-dealkylation sites (tertiary alicyclic amines) is 1. The predicted molar refractivity (Wildman–Crippen MR) is 112 cm³/mol. The van der Waals surface area contributed by atoms with Crippen molar-refractivity contribution in [3.05, 3.63) is 63.8 Å². The Hall–Kier alpha value is -2.02. The zero-order valence-electron chi connectivity index (χ0n) is 15.1. The molecule has 0 spiro atoms. The van der Waals surface area contributed by atoms with Crippen LogP contribution in [0.5, 0.6) is 0 Å². The van der Waals surface area contributed by atoms with Crippen LogP contribution in [0.2, 0.25) is 0 Å². The number of rotatable bonds is 6. The van der Waals surface area contributed by atoms with E-state index in [0.29, 0.717) is 11.6 Å². The van der Waals surface area contributed by atoms with Crippen molar-refractivity contribution in [2.24, 2.45) is 5.92 Å². The largest absolute Gasteiger partial charge is 0.350 e. The first kappa shape index (κ1) is 18.3. The van der Waals surface area contributed by atoms with E-state index in [2.05, 4.69) is 50.9 Å². The number of thiazole rings is 1. The number of aromatic nitrogens is 1. The third-order valence-electron chi connectivity index (χ3n) is 4.91. The maximum absolute atomic E-state index is 12.5. The van der Waals surface area contributed by atoms with Crippen LogP contribution in [-0.2, 0) is 6.54 Å². The molecule has 1 aliphatic heterocycles. The first-order valence-corrected chi connectivity index (χ1v) is 11.1. The first-order chi connectivity index (χ1) is 13.3. The second-order valence-corrected chi connectivity index (χ2v) is 8.63. The van der Waals surface area contributed by atoms with Crippen LogP contribution in [0, 0.1) is 5.92 Å². The molecule has 0 aliphatic carbocycles. The van der Waals surface area contributed by atoms with E-state index in [9.17, 15) is 4.79 Å². The Morgan fingerprint density at radius 1 is 1.22 bits per heavy atom. The molecule has 1 aromatic carbocycles. The number of amides is 1. The molecule has 0 saturated carbocycles. The summed E-state index contributed by atoms with van der Waals surface area (Å²) in [7, 11) is 0. The molecule has 1 N–H and O–H groups in total. The van der Waals surface area contributed by atoms with Gasteiger partial charge in [0.25, 0.3) is 5.91 Å². The molecule has 4 nitrogen and oxygen atoms in total. The smallest absolute Gasteiger partial charge is 0.270 e. The monoisotopic (exact) mass is 397 g/mol. The van der Waals surface area contributed by atoms with Crippen LogP contribution >= 0.6 is 22.7 Å². The summed E-state index contributed by atoms with van der Waals surface area (Å²) >= 11 is 3.17. The SMILES string of the molecule is O=C(NCC1CCCN(Cc2ccccc2)C1)c1csc(-c2ccsc2)n1. The van der Waals surface area contributed by atoms with Crippen LogP contribution in [0.1, 0.15) is 28.9 Å². The van der Waals surface area contributed by atoms with Crippen LogP contribution in [0.15, 0.2) is 52.5 Å². The van der Waals surface area contributed by atoms with Crippen molar-refractivity contribution < 1.29 is 4.79 Å². The Bertz CT molecular complexity index is 861. The van der Waals surface area contributed by atoms with Crippen molar-refractivity contribution in [3.8, 4) is 10.6 Å². The van der Waals surface area contributed by atoms with Gasteiger partial charge in [0.1, 0.15) is 10.7 Å². The molecule has 1 saturated heterocycles. The maximum atomic E-state index is 12.5. The summed E-state index contributed by atoms with van der Waals surface area (Å²) in [4.78, 5) is 19.4. The molecule has 1 fully saturated rings. The molecule has 1 amide bonds. The van der Waals surface area contributed by atoms with E-state index < -0.39 is 0 Å². The molecule has 3 aromatic rings. The lowest BCUT2D eigenvalue weighted by molar-refractivity contribution is 0.0926. The number of carbonyl (C=O) groups excluding carboxylic acids is 1. The standard InChI is InChI=1S/C21H23N3OS2/c25-20(19-15-27-21(23-19)18-8-10-26-14-18)22-11-17-7-4-9-24(13-17)12-16-5-2-1-3-6-16/h1-3,5-6,8,10,14-15,17H,4,7,9,11-13H2,(H,22,25). The highest BCUT2D eigenvalue weighted by Crippen LogP contribution is 2.25. The molecule has 1 atom stereocenters. The van der Waals surface area contributed by atoms with Gasteiger partial charge in [0.05, 0.1) is 0 Å². The summed E-state index contributed by atoms with van der Waals surface area (Å²) in [5.74, 6) is 0.439. The lowest BCUT2D eigenvalue weighted by Gasteiger charge is -2.32. The van der Waals surface area contributed by atoms with Crippen molar-refractivity contribution >= 4 is 28.6 Å². The fraction of sp³-hybridized carbons (Fsp3) is 0.333. The summed E-state index contributed by atoms with van der Waals surface area (Å²) in [5.41, 5.74) is 2.97. The molecule has 1 unspecified atom stereocenters. The number of nitrogens with zero attached hydrogens (tertiary/aromatic N) is 2. The zero-order chi connectivity index (χ0) is 18.5. The minimum absolute atomic E-state index is 0.0621. The van der Waals surface area contributed by atoms with Gasteiger partial charge in [0.2, 0.25) is 0 Å². The van der Waals surface area contributed by atoms with Gasteiger partial charge in [0.15, 0.2) is 0 Å². The predicted octanol–water partition coefficient (Wildman–Crippen LogP) is 4.51. The Morgan fingerprint density at radius 3 is 2.93 bits per heavy atom. The molecule has 0 radical (unpaired) electrons. The summed E-state index contributed by atoms with van der Waals surface area (Å²) in [5, 5.41) is 9.94. The summed E-state index contributed by atoms with van der Waals surface area (Å²) in [6.07, 6.45) is 2.36. The number of nitrogens with one attached hydrogen (secondary N) is 1. The van der Waals surface area contributed by atoms with Crippen molar-refractivity contribution in [2.75, 3.05) is 19.6 Å². The Labute approximate surface area is 167 Å². The van der Waals surface area contributed by atoms with Gasteiger partial charge in [-0.1, -0.05) is 30.3 Å². The van der Waals surface area contributed by atoms with Crippen molar-refractivity contribution in [1.82, 2.24) is 15.2 Å². The van der Waals surface area contributed by atoms with Crippen molar-refractivity contribution in [3.63, 3.8) is 0 Å². The second kappa shape index (κ2) is 8.78. The highest BCUT2D eigenvalue weighted by Gasteiger charge is 2.21. The molecular weight excluding hydrogens is 374 g/mol. The van der Waals surface area contributed by atoms with E-state index in [1.165, 1.54) is 29.7 Å². The average Bonchev–Trinajstić information content (AvgIpc) is 3.39. The van der Waals surface area contributed by atoms with Gasteiger partial charge < -0.3 is 5.32 Å². The highest BCUT2D eigenvalue weighted by atomic mass is 32.1. The molecule has 27 heavy (non-hydrogen) atoms. The number of hydrogen-bond donors (Lipinski definition) is 1. The molecular formula is C21H23N3OS2. The summed E-state index contributed by atoms with van der Waals surface area (Å²) < 4.78 is 0. The highest BCUT2D eigenvalue weighted by molar-refractivity contribution is 7.14. The van der Waals surface area contributed by atoms with Gasteiger partial charge in [0, 0.05) is 36.0 Å². The molecule has 140 valence electrons. The van der Waals surface area contributed by atoms with Gasteiger partial charge in [-0.25, -0.2) is 4.98 Å². The molecule has 1 aliphatic rings. The third kappa shape index (κ3) is 4.83. The van der Waals surface area contributed by atoms with E-state index in [0.717, 1.165) is 36.8 Å². The van der Waals surface area contributed by atoms with Gasteiger partial charge in [-0.05, 0) is 42.3 Å². The lowest BCUT2D eigenvalue weighted by Crippen LogP contribution is -2.40. The molecule has 4 rings (SSSR count). The lowest BCUT2D eigenvalue weighted by atomic mass is 9.97. The molecule has 2 aromatic heterocycles. The fourth-order valence-corrected chi connectivity index (χ4v) is 5.04. The quantitative estimate of drug-likeness (QED) is 0.665. The van der Waals surface area contributed by atoms with Crippen molar-refractivity contribution in [2.45, 2.75) is 19.4 Å².